The number of carbonyl (C=O) groups excluding carboxylic acids is 2. The van der Waals surface area contributed by atoms with Crippen LogP contribution in [0.5, 0.6) is 0 Å². The molecule has 0 bridgehead atoms. The average Bonchev–Trinajstić information content (AvgIpc) is 2.84. The summed E-state index contributed by atoms with van der Waals surface area (Å²) in [5, 5.41) is 11.9. The van der Waals surface area contributed by atoms with Crippen molar-refractivity contribution in [2.75, 3.05) is 23.5 Å². The monoisotopic (exact) mass is 441 g/mol. The van der Waals surface area contributed by atoms with Gasteiger partial charge in [0, 0.05) is 11.3 Å². The number of aliphatic carboxylic acids is 1. The van der Waals surface area contributed by atoms with Gasteiger partial charge in [0.25, 0.3) is 5.91 Å². The molecule has 0 radical (unpaired) electrons. The van der Waals surface area contributed by atoms with Gasteiger partial charge in [0.2, 0.25) is 6.17 Å². The molecule has 0 aromatic heterocycles. The SMILES string of the molecule is CSCC1=N[C@H](NC(=O)OCc2ccccc2)C(=O)N(CC(=O)O)c2c(C)cccc21. The van der Waals surface area contributed by atoms with Crippen LogP contribution in [0.25, 0.3) is 0 Å². The molecule has 0 unspecified atom stereocenters. The van der Waals surface area contributed by atoms with Crippen LogP contribution in [0.3, 0.4) is 0 Å². The second-order valence-electron chi connectivity index (χ2n) is 6.91. The number of aryl methyl sites for hydroxylation is 1. The summed E-state index contributed by atoms with van der Waals surface area (Å²) in [7, 11) is 0. The molecule has 0 saturated heterocycles. The Bertz CT molecular complexity index is 1010. The molecule has 2 aromatic carbocycles. The first-order valence-electron chi connectivity index (χ1n) is 9.56. The van der Waals surface area contributed by atoms with Crippen molar-refractivity contribution in [1.82, 2.24) is 5.32 Å². The predicted molar refractivity (Wildman–Crippen MR) is 120 cm³/mol. The van der Waals surface area contributed by atoms with Crippen LogP contribution in [0.1, 0.15) is 16.7 Å². The predicted octanol–water partition coefficient (Wildman–Crippen LogP) is 2.83. The van der Waals surface area contributed by atoms with Crippen LogP contribution in [0, 0.1) is 6.92 Å². The Morgan fingerprint density at radius 2 is 1.94 bits per heavy atom. The zero-order valence-electron chi connectivity index (χ0n) is 17.2. The van der Waals surface area contributed by atoms with Crippen molar-refractivity contribution in [3.63, 3.8) is 0 Å². The van der Waals surface area contributed by atoms with Crippen LogP contribution in [0.4, 0.5) is 10.5 Å². The first-order chi connectivity index (χ1) is 14.9. The number of para-hydroxylation sites is 1. The zero-order valence-corrected chi connectivity index (χ0v) is 18.0. The Kier molecular flexibility index (Phi) is 7.30. The van der Waals surface area contributed by atoms with E-state index in [-0.39, 0.29) is 6.61 Å². The van der Waals surface area contributed by atoms with Crippen LogP contribution in [-0.2, 0) is 20.9 Å². The Hall–Kier alpha value is -3.33. The van der Waals surface area contributed by atoms with E-state index >= 15 is 0 Å². The number of thioether (sulfide) groups is 1. The van der Waals surface area contributed by atoms with Gasteiger partial charge in [-0.05, 0) is 24.3 Å². The molecule has 2 amide bonds. The largest absolute Gasteiger partial charge is 0.480 e. The van der Waals surface area contributed by atoms with Gasteiger partial charge < -0.3 is 9.84 Å². The molecule has 162 valence electrons. The highest BCUT2D eigenvalue weighted by Crippen LogP contribution is 2.30. The van der Waals surface area contributed by atoms with Crippen LogP contribution in [0.15, 0.2) is 53.5 Å². The molecular weight excluding hydrogens is 418 g/mol. The molecule has 1 heterocycles. The Balaban J connectivity index is 1.90. The average molecular weight is 442 g/mol. The van der Waals surface area contributed by atoms with Gasteiger partial charge in [-0.2, -0.15) is 11.8 Å². The number of nitrogens with zero attached hydrogens (tertiary/aromatic N) is 2. The molecule has 2 N–H and O–H groups in total. The number of hydrogen-bond acceptors (Lipinski definition) is 6. The number of nitrogens with one attached hydrogen (secondary N) is 1. The Labute approximate surface area is 184 Å². The van der Waals surface area contributed by atoms with E-state index in [1.54, 1.807) is 19.1 Å². The summed E-state index contributed by atoms with van der Waals surface area (Å²) >= 11 is 1.51. The van der Waals surface area contributed by atoms with Gasteiger partial charge in [0.1, 0.15) is 13.2 Å². The topological polar surface area (TPSA) is 108 Å². The van der Waals surface area contributed by atoms with Crippen LogP contribution < -0.4 is 10.2 Å². The van der Waals surface area contributed by atoms with Gasteiger partial charge in [-0.25, -0.2) is 4.79 Å². The van der Waals surface area contributed by atoms with Crippen molar-refractivity contribution in [2.24, 2.45) is 4.99 Å². The standard InChI is InChI=1S/C22H23N3O5S/c1-14-7-6-10-16-17(13-31-2)23-20(21(28)25(19(14)16)11-18(26)27)24-22(29)30-12-15-8-4-3-5-9-15/h3-10,20H,11-13H2,1-2H3,(H,24,29)(H,26,27)/t20-/m1/s1. The molecule has 8 nitrogen and oxygen atoms in total. The van der Waals surface area contributed by atoms with E-state index in [0.29, 0.717) is 22.7 Å². The van der Waals surface area contributed by atoms with Gasteiger partial charge in [0.15, 0.2) is 0 Å². The van der Waals surface area contributed by atoms with Gasteiger partial charge in [-0.1, -0.05) is 48.5 Å². The van der Waals surface area contributed by atoms with Gasteiger partial charge in [-0.3, -0.25) is 24.8 Å². The molecule has 1 aliphatic heterocycles. The molecule has 0 fully saturated rings. The summed E-state index contributed by atoms with van der Waals surface area (Å²) in [4.78, 5) is 42.7. The van der Waals surface area contributed by atoms with Gasteiger partial charge >= 0.3 is 12.1 Å². The number of carboxylic acid groups (broad SMARTS) is 1. The van der Waals surface area contributed by atoms with Crippen molar-refractivity contribution in [3.05, 3.63) is 65.2 Å². The Morgan fingerprint density at radius 3 is 2.61 bits per heavy atom. The molecule has 1 atom stereocenters. The van der Waals surface area contributed by atoms with E-state index in [4.69, 9.17) is 4.74 Å². The quantitative estimate of drug-likeness (QED) is 0.684. The maximum atomic E-state index is 13.2. The third-order valence-corrected chi connectivity index (χ3v) is 5.21. The molecule has 3 rings (SSSR count). The number of benzodiazepines with no additional fused rings is 1. The van der Waals surface area contributed by atoms with Gasteiger partial charge in [-0.15, -0.1) is 0 Å². The molecule has 0 aliphatic carbocycles. The van der Waals surface area contributed by atoms with E-state index < -0.39 is 30.7 Å². The number of carbonyl (C=O) groups is 3. The molecule has 1 aliphatic rings. The van der Waals surface area contributed by atoms with Crippen molar-refractivity contribution in [3.8, 4) is 0 Å². The van der Waals surface area contributed by atoms with Crippen LogP contribution in [0.2, 0.25) is 0 Å². The molecule has 0 saturated carbocycles. The van der Waals surface area contributed by atoms with E-state index in [9.17, 15) is 19.5 Å². The summed E-state index contributed by atoms with van der Waals surface area (Å²) < 4.78 is 5.22. The van der Waals surface area contributed by atoms with Crippen molar-refractivity contribution < 1.29 is 24.2 Å². The zero-order chi connectivity index (χ0) is 22.4. The molecule has 9 heteroatoms. The lowest BCUT2D eigenvalue weighted by atomic mass is 10.0. The minimum absolute atomic E-state index is 0.0349. The van der Waals surface area contributed by atoms with E-state index in [2.05, 4.69) is 10.3 Å². The summed E-state index contributed by atoms with van der Waals surface area (Å²) in [6, 6.07) is 14.6. The highest BCUT2D eigenvalue weighted by Gasteiger charge is 2.34. The first-order valence-corrected chi connectivity index (χ1v) is 11.0. The fourth-order valence-electron chi connectivity index (χ4n) is 3.30. The van der Waals surface area contributed by atoms with E-state index in [1.165, 1.54) is 11.8 Å². The maximum Gasteiger partial charge on any atom is 0.409 e. The number of amides is 2. The van der Waals surface area contributed by atoms with E-state index in [0.717, 1.165) is 16.0 Å². The lowest BCUT2D eigenvalue weighted by Gasteiger charge is -2.25. The lowest BCUT2D eigenvalue weighted by molar-refractivity contribution is -0.136. The third kappa shape index (κ3) is 5.43. The normalized spacial score (nSPS) is 15.5. The summed E-state index contributed by atoms with van der Waals surface area (Å²) in [6.45, 7) is 1.29. The second-order valence-corrected chi connectivity index (χ2v) is 7.77. The van der Waals surface area contributed by atoms with Crippen LogP contribution in [-0.4, -0.2) is 53.5 Å². The number of hydrogen-bond donors (Lipinski definition) is 2. The van der Waals surface area contributed by atoms with Crippen molar-refractivity contribution >= 4 is 41.1 Å². The fraction of sp³-hybridized carbons (Fsp3) is 0.273. The number of benzene rings is 2. The lowest BCUT2D eigenvalue weighted by Crippen LogP contribution is -2.49. The van der Waals surface area contributed by atoms with Crippen molar-refractivity contribution in [1.29, 1.82) is 0 Å². The summed E-state index contributed by atoms with van der Waals surface area (Å²) in [5.41, 5.74) is 3.30. The Morgan fingerprint density at radius 1 is 1.19 bits per heavy atom. The maximum absolute atomic E-state index is 13.2. The summed E-state index contributed by atoms with van der Waals surface area (Å²) in [5.74, 6) is -1.31. The number of aliphatic imine (C=N–C) groups is 1. The number of rotatable bonds is 7. The minimum atomic E-state index is -1.29. The molecule has 31 heavy (non-hydrogen) atoms. The highest BCUT2D eigenvalue weighted by atomic mass is 32.2. The fourth-order valence-corrected chi connectivity index (χ4v) is 3.81. The van der Waals surface area contributed by atoms with Crippen molar-refractivity contribution in [2.45, 2.75) is 19.7 Å². The number of ether oxygens (including phenoxy) is 1. The second kappa shape index (κ2) is 10.1. The molecule has 0 spiro atoms. The smallest absolute Gasteiger partial charge is 0.409 e. The number of fused-ring (bicyclic) bond motifs is 1. The first kappa shape index (κ1) is 22.4. The molecule has 2 aromatic rings. The number of alkyl carbamates (subject to hydrolysis) is 1. The number of anilines is 1. The molecular formula is C22H23N3O5S. The summed E-state index contributed by atoms with van der Waals surface area (Å²) in [6.07, 6.45) is -0.208. The number of carboxylic acids is 1. The third-order valence-electron chi connectivity index (χ3n) is 4.65. The highest BCUT2D eigenvalue weighted by molar-refractivity contribution is 7.99. The minimum Gasteiger partial charge on any atom is -0.480 e. The van der Waals surface area contributed by atoms with E-state index in [1.807, 2.05) is 42.7 Å². The van der Waals surface area contributed by atoms with Crippen LogP contribution >= 0.6 is 11.8 Å². The van der Waals surface area contributed by atoms with Gasteiger partial charge in [0.05, 0.1) is 11.4 Å².